The van der Waals surface area contributed by atoms with E-state index in [4.69, 9.17) is 4.74 Å². The summed E-state index contributed by atoms with van der Waals surface area (Å²) in [6.45, 7) is 0. The molecule has 3 fully saturated rings. The van der Waals surface area contributed by atoms with E-state index in [2.05, 4.69) is 24.8 Å². The van der Waals surface area contributed by atoms with Crippen molar-refractivity contribution in [3.8, 4) is 5.95 Å². The van der Waals surface area contributed by atoms with Gasteiger partial charge in [-0.05, 0) is 70.4 Å². The summed E-state index contributed by atoms with van der Waals surface area (Å²) in [7, 11) is 1.37. The van der Waals surface area contributed by atoms with Crippen LogP contribution in [0.25, 0.3) is 17.0 Å². The second-order valence-corrected chi connectivity index (χ2v) is 10.8. The van der Waals surface area contributed by atoms with Crippen molar-refractivity contribution in [3.05, 3.63) is 42.1 Å². The Labute approximate surface area is 203 Å². The van der Waals surface area contributed by atoms with Crippen molar-refractivity contribution in [3.63, 3.8) is 0 Å². The number of carbonyl (C=O) groups excluding carboxylic acids is 1. The van der Waals surface area contributed by atoms with Gasteiger partial charge in [-0.3, -0.25) is 14.3 Å². The summed E-state index contributed by atoms with van der Waals surface area (Å²) < 4.78 is 50.2. The Morgan fingerprint density at radius 3 is 2.68 bits per heavy atom. The van der Waals surface area contributed by atoms with Crippen LogP contribution in [-0.4, -0.2) is 43.2 Å². The van der Waals surface area contributed by atoms with Gasteiger partial charge in [0.15, 0.2) is 11.6 Å². The Bertz CT molecular complexity index is 1260. The zero-order valence-corrected chi connectivity index (χ0v) is 20.5. The number of alkyl halides is 3. The molecular formula is C23H23F3IN5O2. The molecule has 7 nitrogen and oxygen atoms in total. The van der Waals surface area contributed by atoms with Gasteiger partial charge in [0.1, 0.15) is 0 Å². The molecule has 11 heteroatoms. The van der Waals surface area contributed by atoms with Gasteiger partial charge >= 0.3 is 9.90 Å². The Kier molecular flexibility index (Phi) is 6.07. The van der Waals surface area contributed by atoms with E-state index in [0.717, 1.165) is 38.1 Å². The topological polar surface area (TPSA) is 81.9 Å². The van der Waals surface area contributed by atoms with Gasteiger partial charge in [-0.15, -0.1) is 0 Å². The van der Waals surface area contributed by atoms with Gasteiger partial charge in [0.25, 0.3) is 0 Å². The maximum absolute atomic E-state index is 14.8. The van der Waals surface area contributed by atoms with Crippen molar-refractivity contribution in [1.29, 1.82) is 0 Å². The third-order valence-electron chi connectivity index (χ3n) is 6.98. The summed E-state index contributed by atoms with van der Waals surface area (Å²) in [4.78, 5) is 25.1. The van der Waals surface area contributed by atoms with Crippen LogP contribution < -0.4 is 5.32 Å². The lowest BCUT2D eigenvalue weighted by molar-refractivity contribution is -0.152. The van der Waals surface area contributed by atoms with E-state index in [9.17, 15) is 18.0 Å². The third kappa shape index (κ3) is 3.97. The number of carbonyl (C=O) groups is 1. The maximum Gasteiger partial charge on any atom is 0.317 e. The molecule has 2 bridgehead atoms. The first kappa shape index (κ1) is 23.2. The summed E-state index contributed by atoms with van der Waals surface area (Å²) in [5, 5.41) is 3.16. The van der Waals surface area contributed by atoms with Crippen LogP contribution in [0.5, 0.6) is 0 Å². The van der Waals surface area contributed by atoms with Crippen LogP contribution in [0.4, 0.5) is 19.0 Å². The first-order valence-electron chi connectivity index (χ1n) is 10.9. The lowest BCUT2D eigenvalue weighted by atomic mass is 9.61. The summed E-state index contributed by atoms with van der Waals surface area (Å²) in [6, 6.07) is 2.70. The molecule has 3 aliphatic carbocycles. The number of hydrogen-bond acceptors (Lipinski definition) is 6. The van der Waals surface area contributed by atoms with Crippen molar-refractivity contribution in [2.75, 3.05) is 12.4 Å². The van der Waals surface area contributed by atoms with Crippen LogP contribution in [0.1, 0.15) is 31.2 Å². The van der Waals surface area contributed by atoms with E-state index in [1.54, 1.807) is 12.3 Å². The molecule has 180 valence electrons. The lowest BCUT2D eigenvalue weighted by Crippen LogP contribution is -2.52. The summed E-state index contributed by atoms with van der Waals surface area (Å²) in [6.07, 6.45) is 7.61. The highest BCUT2D eigenvalue weighted by Crippen LogP contribution is 2.46. The van der Waals surface area contributed by atoms with Crippen LogP contribution in [0.3, 0.4) is 0 Å². The number of fused-ring (bicyclic) bond motifs is 4. The molecule has 0 unspecified atom stereocenters. The highest BCUT2D eigenvalue weighted by Gasteiger charge is 2.48. The molecule has 3 aliphatic rings. The molecule has 2 atom stereocenters. The molecule has 34 heavy (non-hydrogen) atoms. The summed E-state index contributed by atoms with van der Waals surface area (Å²) in [5.74, 6) is -0.850. The zero-order valence-electron chi connectivity index (χ0n) is 18.3. The number of esters is 1. The van der Waals surface area contributed by atoms with Crippen molar-refractivity contribution in [1.82, 2.24) is 19.5 Å². The van der Waals surface area contributed by atoms with Gasteiger partial charge < -0.3 is 10.1 Å². The fraction of sp³-hybridized carbons (Fsp3) is 0.435. The standard InChI is InChI=1S/C23H23F3IN5O2/c1-27-23(25,26)14-9-17-16(28-10-14)7-8-32(17)22-29-11-15(24)20(31-22)30-19-13-5-3-12(4-6-13)18(19)21(33)34-2/h7-13,18-19H,1,3-6H2,2H3,(H,29,30,31)/t12?,13?,18-,19-/m1/s1. The smallest absolute Gasteiger partial charge is 0.317 e. The minimum absolute atomic E-state index is 0.0311. The number of nitrogens with zero attached hydrogens (tertiary/aromatic N) is 4. The molecule has 3 saturated carbocycles. The van der Waals surface area contributed by atoms with Gasteiger partial charge in [0.2, 0.25) is 5.95 Å². The van der Waals surface area contributed by atoms with Gasteiger partial charge in [-0.25, -0.2) is 9.37 Å². The molecule has 3 heterocycles. The fourth-order valence-corrected chi connectivity index (χ4v) is 6.02. The molecule has 0 saturated heterocycles. The lowest BCUT2D eigenvalue weighted by Gasteiger charge is -2.47. The van der Waals surface area contributed by atoms with E-state index < -0.39 is 30.5 Å². The molecule has 0 amide bonds. The third-order valence-corrected chi connectivity index (χ3v) is 8.56. The van der Waals surface area contributed by atoms with Crippen LogP contribution in [0.2, 0.25) is 0 Å². The number of rotatable bonds is 6. The van der Waals surface area contributed by atoms with Crippen molar-refractivity contribution in [2.24, 2.45) is 17.8 Å². The minimum atomic E-state index is -3.02. The molecule has 3 aromatic rings. The summed E-state index contributed by atoms with van der Waals surface area (Å²) >= 11 is -1.62. The Morgan fingerprint density at radius 1 is 1.24 bits per heavy atom. The normalized spacial score (nSPS) is 24.4. The number of halogens is 4. The van der Waals surface area contributed by atoms with E-state index in [-0.39, 0.29) is 47.1 Å². The fourth-order valence-electron chi connectivity index (χ4n) is 5.28. The Balaban J connectivity index is 1.51. The Morgan fingerprint density at radius 2 is 1.97 bits per heavy atom. The van der Waals surface area contributed by atoms with Crippen LogP contribution in [-0.2, 0) is 13.5 Å². The van der Waals surface area contributed by atoms with E-state index in [1.807, 2.05) is 0 Å². The second-order valence-electron chi connectivity index (χ2n) is 8.71. The number of anilines is 1. The zero-order chi connectivity index (χ0) is 24.0. The van der Waals surface area contributed by atoms with Crippen LogP contribution in [0, 0.1) is 23.6 Å². The SMILES string of the molecule is C=IC(F)(F)c1cnc2ccn(-c3ncc(F)c(N[C@@H]4C5CCC(CC5)[C@H]4C(=O)OC)n3)c2c1. The number of aromatic nitrogens is 4. The first-order valence-corrected chi connectivity index (χ1v) is 13.5. The van der Waals surface area contributed by atoms with E-state index in [0.29, 0.717) is 11.0 Å². The van der Waals surface area contributed by atoms with Crippen molar-refractivity contribution < 1.29 is 22.7 Å². The van der Waals surface area contributed by atoms with Gasteiger partial charge in [0, 0.05) is 18.4 Å². The molecule has 3 aromatic heterocycles. The Hall–Kier alpha value is -2.57. The molecule has 1 N–H and O–H groups in total. The minimum Gasteiger partial charge on any atom is -0.469 e. The number of methoxy groups -OCH3 is 1. The average Bonchev–Trinajstić information content (AvgIpc) is 3.29. The molecule has 6 rings (SSSR count). The number of nitrogens with one attached hydrogen (secondary N) is 1. The molecule has 0 aliphatic heterocycles. The molecule has 0 radical (unpaired) electrons. The molecule has 0 spiro atoms. The monoisotopic (exact) mass is 585 g/mol. The predicted molar refractivity (Wildman–Crippen MR) is 130 cm³/mol. The predicted octanol–water partition coefficient (Wildman–Crippen LogP) is 4.80. The van der Waals surface area contributed by atoms with Crippen LogP contribution >= 0.6 is 20.7 Å². The molecule has 0 aromatic carbocycles. The maximum atomic E-state index is 14.8. The largest absolute Gasteiger partial charge is 0.469 e. The second kappa shape index (κ2) is 8.90. The quantitative estimate of drug-likeness (QED) is 0.255. The first-order chi connectivity index (χ1) is 16.3. The summed E-state index contributed by atoms with van der Waals surface area (Å²) in [5.41, 5.74) is 0.651. The highest BCUT2D eigenvalue weighted by molar-refractivity contribution is 14.2. The van der Waals surface area contributed by atoms with Gasteiger partial charge in [-0.2, -0.15) is 13.8 Å². The number of pyridine rings is 1. The van der Waals surface area contributed by atoms with E-state index in [1.165, 1.54) is 17.7 Å². The van der Waals surface area contributed by atoms with Crippen molar-refractivity contribution >= 4 is 48.1 Å². The van der Waals surface area contributed by atoms with E-state index >= 15 is 0 Å². The molecular weight excluding hydrogens is 562 g/mol. The van der Waals surface area contributed by atoms with Gasteiger partial charge in [0.05, 0.1) is 35.8 Å². The number of ether oxygens (including phenoxy) is 1. The van der Waals surface area contributed by atoms with Gasteiger partial charge in [-0.1, -0.05) is 4.51 Å². The highest BCUT2D eigenvalue weighted by atomic mass is 127. The van der Waals surface area contributed by atoms with Crippen LogP contribution in [0.15, 0.2) is 30.7 Å². The number of hydrogen-bond donors (Lipinski definition) is 1. The van der Waals surface area contributed by atoms with Crippen molar-refractivity contribution in [2.45, 2.75) is 35.7 Å². The average molecular weight is 585 g/mol.